The van der Waals surface area contributed by atoms with Crippen LogP contribution in [-0.4, -0.2) is 20.8 Å². The van der Waals surface area contributed by atoms with Crippen LogP contribution >= 0.6 is 0 Å². The van der Waals surface area contributed by atoms with Crippen LogP contribution in [0.1, 0.15) is 11.1 Å². The number of rotatable bonds is 5. The summed E-state index contributed by atoms with van der Waals surface area (Å²) in [4.78, 5) is 4.51. The molecule has 2 N–H and O–H groups in total. The molecule has 0 radical (unpaired) electrons. The van der Waals surface area contributed by atoms with Gasteiger partial charge in [0.1, 0.15) is 0 Å². The summed E-state index contributed by atoms with van der Waals surface area (Å²) in [7, 11) is 2.88. The van der Waals surface area contributed by atoms with Crippen LogP contribution in [0.4, 0.5) is 4.39 Å². The fraction of sp³-hybridized carbons (Fsp3) is 0.455. The first-order chi connectivity index (χ1) is 7.65. The van der Waals surface area contributed by atoms with E-state index >= 15 is 0 Å². The molecule has 0 bridgehead atoms. The lowest BCUT2D eigenvalue weighted by Crippen LogP contribution is -2.07. The molecule has 1 rings (SSSR count). The first-order valence-corrected chi connectivity index (χ1v) is 4.87. The quantitative estimate of drug-likeness (QED) is 0.779. The van der Waals surface area contributed by atoms with Crippen LogP contribution in [-0.2, 0) is 11.3 Å². The van der Waals surface area contributed by atoms with E-state index in [4.69, 9.17) is 15.4 Å². The Bertz CT molecular complexity index is 369. The molecule has 0 atom stereocenters. The van der Waals surface area contributed by atoms with E-state index in [0.29, 0.717) is 18.8 Å². The van der Waals surface area contributed by atoms with Crippen molar-refractivity contribution in [3.8, 4) is 11.5 Å². The Labute approximate surface area is 94.1 Å². The lowest BCUT2D eigenvalue weighted by atomic mass is 10.0. The fourth-order valence-corrected chi connectivity index (χ4v) is 1.65. The molecular formula is C11H16FNO3. The van der Waals surface area contributed by atoms with Crippen LogP contribution in [0.5, 0.6) is 11.5 Å². The normalized spacial score (nSPS) is 10.3. The Hall–Kier alpha value is -1.33. The Morgan fingerprint density at radius 3 is 2.38 bits per heavy atom. The predicted octanol–water partition coefficient (Wildman–Crippen LogP) is 1.58. The Balaban J connectivity index is 3.22. The van der Waals surface area contributed by atoms with E-state index in [9.17, 15) is 4.39 Å². The van der Waals surface area contributed by atoms with E-state index in [0.717, 1.165) is 11.1 Å². The number of ether oxygens (including phenoxy) is 2. The maximum absolute atomic E-state index is 13.5. The molecule has 0 heterocycles. The lowest BCUT2D eigenvalue weighted by Gasteiger charge is -2.15. The molecule has 1 aromatic carbocycles. The number of benzene rings is 1. The van der Waals surface area contributed by atoms with Crippen molar-refractivity contribution in [2.24, 2.45) is 5.90 Å². The maximum atomic E-state index is 13.5. The van der Waals surface area contributed by atoms with E-state index in [1.807, 2.05) is 0 Å². The van der Waals surface area contributed by atoms with E-state index in [1.54, 1.807) is 6.92 Å². The molecule has 16 heavy (non-hydrogen) atoms. The average molecular weight is 229 g/mol. The highest BCUT2D eigenvalue weighted by Crippen LogP contribution is 2.36. The van der Waals surface area contributed by atoms with Crippen molar-refractivity contribution in [1.29, 1.82) is 0 Å². The zero-order valence-electron chi connectivity index (χ0n) is 9.67. The van der Waals surface area contributed by atoms with Gasteiger partial charge in [-0.2, -0.15) is 0 Å². The maximum Gasteiger partial charge on any atom is 0.197 e. The summed E-state index contributed by atoms with van der Waals surface area (Å²) in [6, 6.07) is 1.41. The van der Waals surface area contributed by atoms with E-state index in [1.165, 1.54) is 20.3 Å². The second-order valence-corrected chi connectivity index (χ2v) is 3.34. The first kappa shape index (κ1) is 12.7. The molecule has 90 valence electrons. The van der Waals surface area contributed by atoms with Gasteiger partial charge in [0, 0.05) is 12.0 Å². The zero-order valence-corrected chi connectivity index (χ0v) is 9.67. The molecule has 0 saturated carbocycles. The molecule has 0 spiro atoms. The van der Waals surface area contributed by atoms with Crippen LogP contribution in [0.2, 0.25) is 0 Å². The summed E-state index contributed by atoms with van der Waals surface area (Å²) in [5.41, 5.74) is 1.62. The van der Waals surface area contributed by atoms with Gasteiger partial charge in [0.25, 0.3) is 0 Å². The van der Waals surface area contributed by atoms with Crippen molar-refractivity contribution in [3.63, 3.8) is 0 Å². The smallest absolute Gasteiger partial charge is 0.197 e. The van der Waals surface area contributed by atoms with Crippen LogP contribution in [0.3, 0.4) is 0 Å². The van der Waals surface area contributed by atoms with Gasteiger partial charge in [0.05, 0.1) is 20.8 Å². The second-order valence-electron chi connectivity index (χ2n) is 3.34. The van der Waals surface area contributed by atoms with Gasteiger partial charge in [-0.1, -0.05) is 0 Å². The minimum atomic E-state index is -0.436. The molecule has 0 aliphatic rings. The van der Waals surface area contributed by atoms with Crippen LogP contribution in [0.15, 0.2) is 6.07 Å². The van der Waals surface area contributed by atoms with Gasteiger partial charge in [-0.05, 0) is 18.6 Å². The Morgan fingerprint density at radius 1 is 1.25 bits per heavy atom. The molecular weight excluding hydrogens is 213 g/mol. The van der Waals surface area contributed by atoms with Crippen molar-refractivity contribution < 1.29 is 18.7 Å². The minimum absolute atomic E-state index is 0.111. The van der Waals surface area contributed by atoms with Gasteiger partial charge >= 0.3 is 0 Å². The highest BCUT2D eigenvalue weighted by atomic mass is 19.1. The van der Waals surface area contributed by atoms with E-state index in [2.05, 4.69) is 4.84 Å². The number of methoxy groups -OCH3 is 2. The van der Waals surface area contributed by atoms with Crippen LogP contribution < -0.4 is 15.4 Å². The predicted molar refractivity (Wildman–Crippen MR) is 58.1 cm³/mol. The minimum Gasteiger partial charge on any atom is -0.492 e. The summed E-state index contributed by atoms with van der Waals surface area (Å²) >= 11 is 0. The molecule has 5 heteroatoms. The standard InChI is InChI=1S/C11H16FNO3/c1-7-6-9(12)11(15-3)10(14-2)8(7)4-5-16-13/h6H,4-5,13H2,1-3H3. The molecule has 0 aromatic heterocycles. The van der Waals surface area contributed by atoms with Gasteiger partial charge in [-0.25, -0.2) is 10.3 Å². The van der Waals surface area contributed by atoms with Crippen molar-refractivity contribution >= 4 is 0 Å². The third-order valence-corrected chi connectivity index (χ3v) is 2.39. The van der Waals surface area contributed by atoms with Gasteiger partial charge < -0.3 is 14.3 Å². The molecule has 1 aromatic rings. The zero-order chi connectivity index (χ0) is 12.1. The van der Waals surface area contributed by atoms with Crippen molar-refractivity contribution in [2.45, 2.75) is 13.3 Å². The van der Waals surface area contributed by atoms with Gasteiger partial charge in [0.15, 0.2) is 17.3 Å². The van der Waals surface area contributed by atoms with Crippen molar-refractivity contribution in [2.75, 3.05) is 20.8 Å². The number of aryl methyl sites for hydroxylation is 1. The molecule has 0 saturated heterocycles. The van der Waals surface area contributed by atoms with E-state index < -0.39 is 5.82 Å². The molecule has 0 aliphatic heterocycles. The topological polar surface area (TPSA) is 53.7 Å². The summed E-state index contributed by atoms with van der Waals surface area (Å²) in [6.07, 6.45) is 0.544. The SMILES string of the molecule is COc1c(F)cc(C)c(CCON)c1OC. The van der Waals surface area contributed by atoms with Crippen LogP contribution in [0, 0.1) is 12.7 Å². The summed E-state index contributed by atoms with van der Waals surface area (Å²) in [5.74, 6) is 5.05. The summed E-state index contributed by atoms with van der Waals surface area (Å²) in [5, 5.41) is 0. The number of nitrogens with two attached hydrogens (primary N) is 1. The Kier molecular flexibility index (Phi) is 4.52. The van der Waals surface area contributed by atoms with Gasteiger partial charge in [0.2, 0.25) is 0 Å². The molecule has 4 nitrogen and oxygen atoms in total. The van der Waals surface area contributed by atoms with Crippen molar-refractivity contribution in [3.05, 3.63) is 23.0 Å². The summed E-state index contributed by atoms with van der Waals surface area (Å²) < 4.78 is 23.7. The average Bonchev–Trinajstić information content (AvgIpc) is 2.27. The molecule has 0 amide bonds. The van der Waals surface area contributed by atoms with Gasteiger partial charge in [-0.15, -0.1) is 0 Å². The summed E-state index contributed by atoms with van der Waals surface area (Å²) in [6.45, 7) is 2.14. The van der Waals surface area contributed by atoms with Crippen molar-refractivity contribution in [1.82, 2.24) is 0 Å². The van der Waals surface area contributed by atoms with Gasteiger partial charge in [-0.3, -0.25) is 0 Å². The highest BCUT2D eigenvalue weighted by Gasteiger charge is 2.17. The third-order valence-electron chi connectivity index (χ3n) is 2.39. The first-order valence-electron chi connectivity index (χ1n) is 4.87. The lowest BCUT2D eigenvalue weighted by molar-refractivity contribution is 0.140. The largest absolute Gasteiger partial charge is 0.492 e. The number of halogens is 1. The molecule has 0 fully saturated rings. The fourth-order valence-electron chi connectivity index (χ4n) is 1.65. The highest BCUT2D eigenvalue weighted by molar-refractivity contribution is 5.51. The third kappa shape index (κ3) is 2.43. The molecule has 0 aliphatic carbocycles. The van der Waals surface area contributed by atoms with E-state index in [-0.39, 0.29) is 5.75 Å². The molecule has 0 unspecified atom stereocenters. The van der Waals surface area contributed by atoms with Crippen LogP contribution in [0.25, 0.3) is 0 Å². The second kappa shape index (κ2) is 5.67. The monoisotopic (exact) mass is 229 g/mol. The number of hydrogen-bond acceptors (Lipinski definition) is 4. The Morgan fingerprint density at radius 2 is 1.88 bits per heavy atom. The number of hydrogen-bond donors (Lipinski definition) is 1.